The van der Waals surface area contributed by atoms with Crippen LogP contribution in [0, 0.1) is 11.8 Å². The zero-order valence-corrected chi connectivity index (χ0v) is 19.0. The van der Waals surface area contributed by atoms with Gasteiger partial charge in [-0.15, -0.1) is 0 Å². The number of ether oxygens (including phenoxy) is 2. The van der Waals surface area contributed by atoms with Crippen LogP contribution < -0.4 is 10.6 Å². The van der Waals surface area contributed by atoms with Crippen molar-refractivity contribution in [2.45, 2.75) is 92.2 Å². The van der Waals surface area contributed by atoms with E-state index in [0.29, 0.717) is 13.2 Å². The Hall–Kier alpha value is -1.14. The van der Waals surface area contributed by atoms with Gasteiger partial charge in [0.25, 0.3) is 0 Å². The molecule has 28 heavy (non-hydrogen) atoms. The molecule has 2 atom stereocenters. The van der Waals surface area contributed by atoms with Crippen LogP contribution in [0.2, 0.25) is 0 Å². The first kappa shape index (κ1) is 26.9. The van der Waals surface area contributed by atoms with Gasteiger partial charge in [-0.05, 0) is 38.5 Å². The topological polar surface area (TPSA) is 76.7 Å². The Morgan fingerprint density at radius 1 is 0.607 bits per heavy atom. The van der Waals surface area contributed by atoms with Crippen LogP contribution >= 0.6 is 0 Å². The summed E-state index contributed by atoms with van der Waals surface area (Å²) in [7, 11) is 0. The molecule has 0 spiro atoms. The molecule has 0 saturated carbocycles. The smallest absolute Gasteiger partial charge is 0.308 e. The van der Waals surface area contributed by atoms with E-state index in [1.165, 1.54) is 0 Å². The molecule has 0 aliphatic carbocycles. The molecular formula is C22H44N2O4. The Kier molecular flexibility index (Phi) is 16.1. The summed E-state index contributed by atoms with van der Waals surface area (Å²) in [5, 5.41) is 6.87. The highest BCUT2D eigenvalue weighted by atomic mass is 16.5. The van der Waals surface area contributed by atoms with E-state index < -0.39 is 0 Å². The maximum absolute atomic E-state index is 12.0. The lowest BCUT2D eigenvalue weighted by atomic mass is 10.0. The lowest BCUT2D eigenvalue weighted by molar-refractivity contribution is -0.150. The van der Waals surface area contributed by atoms with Crippen LogP contribution in [0.5, 0.6) is 0 Å². The first-order chi connectivity index (χ1) is 13.5. The van der Waals surface area contributed by atoms with Crippen molar-refractivity contribution < 1.29 is 19.1 Å². The van der Waals surface area contributed by atoms with E-state index in [-0.39, 0.29) is 35.9 Å². The zero-order valence-electron chi connectivity index (χ0n) is 19.0. The minimum atomic E-state index is -0.0892. The Morgan fingerprint density at radius 2 is 0.929 bits per heavy atom. The Balaban J connectivity index is 4.10. The second kappa shape index (κ2) is 16.8. The third kappa shape index (κ3) is 11.0. The third-order valence-corrected chi connectivity index (χ3v) is 5.47. The monoisotopic (exact) mass is 400 g/mol. The molecule has 0 aromatic rings. The standard InChI is InChI=1S/C22H44N2O4/c1-7-17(8-2)21(25)27-15-19(11-5)23-13-14-24-20(12-6)16-28-22(26)18(9-3)10-4/h17-20,23-24H,7-16H2,1-6H3/t19-,20-/m0/s1. The highest BCUT2D eigenvalue weighted by Crippen LogP contribution is 2.11. The van der Waals surface area contributed by atoms with Crippen molar-refractivity contribution in [2.75, 3.05) is 26.3 Å². The van der Waals surface area contributed by atoms with E-state index >= 15 is 0 Å². The van der Waals surface area contributed by atoms with Crippen molar-refractivity contribution in [2.24, 2.45) is 11.8 Å². The van der Waals surface area contributed by atoms with Gasteiger partial charge in [0.1, 0.15) is 13.2 Å². The van der Waals surface area contributed by atoms with Crippen LogP contribution in [0.3, 0.4) is 0 Å². The number of nitrogens with one attached hydrogen (secondary N) is 2. The summed E-state index contributed by atoms with van der Waals surface area (Å²) in [5.74, 6) is -0.165. The molecule has 0 amide bonds. The SMILES string of the molecule is CCC(CC)C(=O)OC[C@H](CC)NCCN[C@@H](CC)COC(=O)C(CC)CC. The number of esters is 2. The van der Waals surface area contributed by atoms with Crippen LogP contribution in [0.15, 0.2) is 0 Å². The van der Waals surface area contributed by atoms with Crippen LogP contribution in [-0.2, 0) is 19.1 Å². The van der Waals surface area contributed by atoms with Crippen molar-refractivity contribution in [3.63, 3.8) is 0 Å². The molecule has 0 aromatic heterocycles. The van der Waals surface area contributed by atoms with Crippen molar-refractivity contribution >= 4 is 11.9 Å². The summed E-state index contributed by atoms with van der Waals surface area (Å²) in [6.45, 7) is 14.6. The molecule has 166 valence electrons. The average Bonchev–Trinajstić information content (AvgIpc) is 2.71. The molecule has 6 nitrogen and oxygen atoms in total. The zero-order chi connectivity index (χ0) is 21.4. The summed E-state index contributed by atoms with van der Waals surface area (Å²) in [4.78, 5) is 24.0. The van der Waals surface area contributed by atoms with E-state index in [9.17, 15) is 9.59 Å². The van der Waals surface area contributed by atoms with Gasteiger partial charge in [0.2, 0.25) is 0 Å². The van der Waals surface area contributed by atoms with E-state index in [2.05, 4.69) is 24.5 Å². The summed E-state index contributed by atoms with van der Waals surface area (Å²) < 4.78 is 10.9. The summed E-state index contributed by atoms with van der Waals surface area (Å²) >= 11 is 0. The molecule has 0 aliphatic heterocycles. The van der Waals surface area contributed by atoms with Crippen LogP contribution in [0.1, 0.15) is 80.1 Å². The fourth-order valence-corrected chi connectivity index (χ4v) is 3.04. The fraction of sp³-hybridized carbons (Fsp3) is 0.909. The van der Waals surface area contributed by atoms with Gasteiger partial charge >= 0.3 is 11.9 Å². The van der Waals surface area contributed by atoms with E-state index in [0.717, 1.165) is 51.6 Å². The predicted molar refractivity (Wildman–Crippen MR) is 114 cm³/mol. The van der Waals surface area contributed by atoms with Crippen molar-refractivity contribution in [3.8, 4) is 0 Å². The molecule has 0 rings (SSSR count). The van der Waals surface area contributed by atoms with E-state index in [1.54, 1.807) is 0 Å². The predicted octanol–water partition coefficient (Wildman–Crippen LogP) is 3.68. The van der Waals surface area contributed by atoms with Gasteiger partial charge in [0.15, 0.2) is 0 Å². The number of hydrogen-bond donors (Lipinski definition) is 2. The van der Waals surface area contributed by atoms with Crippen molar-refractivity contribution in [1.82, 2.24) is 10.6 Å². The highest BCUT2D eigenvalue weighted by Gasteiger charge is 2.18. The van der Waals surface area contributed by atoms with Gasteiger partial charge in [-0.25, -0.2) is 0 Å². The quantitative estimate of drug-likeness (QED) is 0.286. The second-order valence-electron chi connectivity index (χ2n) is 7.41. The fourth-order valence-electron chi connectivity index (χ4n) is 3.04. The minimum absolute atomic E-state index is 0.00668. The lowest BCUT2D eigenvalue weighted by Crippen LogP contribution is -2.42. The van der Waals surface area contributed by atoms with Crippen molar-refractivity contribution in [1.29, 1.82) is 0 Å². The Labute approximate surface area is 172 Å². The summed E-state index contributed by atoms with van der Waals surface area (Å²) in [6.07, 6.45) is 5.10. The summed E-state index contributed by atoms with van der Waals surface area (Å²) in [6, 6.07) is 0.320. The number of carbonyl (C=O) groups is 2. The normalized spacial score (nSPS) is 13.6. The molecule has 6 heteroatoms. The average molecular weight is 401 g/mol. The molecule has 2 N–H and O–H groups in total. The Morgan fingerprint density at radius 3 is 1.18 bits per heavy atom. The molecule has 0 saturated heterocycles. The van der Waals surface area contributed by atoms with Gasteiger partial charge in [-0.2, -0.15) is 0 Å². The van der Waals surface area contributed by atoms with E-state index in [1.807, 2.05) is 27.7 Å². The molecular weight excluding hydrogens is 356 g/mol. The first-order valence-corrected chi connectivity index (χ1v) is 11.3. The molecule has 0 aromatic carbocycles. The van der Waals surface area contributed by atoms with Crippen LogP contribution in [0.25, 0.3) is 0 Å². The van der Waals surface area contributed by atoms with Crippen LogP contribution in [0.4, 0.5) is 0 Å². The first-order valence-electron chi connectivity index (χ1n) is 11.3. The second-order valence-corrected chi connectivity index (χ2v) is 7.41. The number of hydrogen-bond acceptors (Lipinski definition) is 6. The summed E-state index contributed by atoms with van der Waals surface area (Å²) in [5.41, 5.74) is 0. The molecule has 0 bridgehead atoms. The molecule has 0 aliphatic rings. The molecule has 0 radical (unpaired) electrons. The maximum Gasteiger partial charge on any atom is 0.308 e. The largest absolute Gasteiger partial charge is 0.464 e. The minimum Gasteiger partial charge on any atom is -0.464 e. The van der Waals surface area contributed by atoms with Gasteiger partial charge in [0, 0.05) is 25.2 Å². The lowest BCUT2D eigenvalue weighted by Gasteiger charge is -2.21. The van der Waals surface area contributed by atoms with Gasteiger partial charge in [-0.3, -0.25) is 9.59 Å². The third-order valence-electron chi connectivity index (χ3n) is 5.47. The highest BCUT2D eigenvalue weighted by molar-refractivity contribution is 5.72. The van der Waals surface area contributed by atoms with E-state index in [4.69, 9.17) is 9.47 Å². The number of carbonyl (C=O) groups excluding carboxylic acids is 2. The van der Waals surface area contributed by atoms with Gasteiger partial charge in [0.05, 0.1) is 11.8 Å². The Bertz CT molecular complexity index is 371. The van der Waals surface area contributed by atoms with Gasteiger partial charge < -0.3 is 20.1 Å². The van der Waals surface area contributed by atoms with Crippen molar-refractivity contribution in [3.05, 3.63) is 0 Å². The van der Waals surface area contributed by atoms with Crippen LogP contribution in [-0.4, -0.2) is 50.3 Å². The molecule has 0 heterocycles. The maximum atomic E-state index is 12.0. The molecule has 0 fully saturated rings. The molecule has 0 unspecified atom stereocenters. The van der Waals surface area contributed by atoms with Gasteiger partial charge in [-0.1, -0.05) is 41.5 Å². The number of rotatable bonds is 17.